The van der Waals surface area contributed by atoms with Crippen LogP contribution in [0, 0.1) is 30.6 Å². The van der Waals surface area contributed by atoms with Crippen LogP contribution >= 0.6 is 11.3 Å². The van der Waals surface area contributed by atoms with Gasteiger partial charge in [0.05, 0.1) is 18.1 Å². The highest BCUT2D eigenvalue weighted by Crippen LogP contribution is 2.45. The number of anilines is 1. The Balaban J connectivity index is 1.91. The fourth-order valence-electron chi connectivity index (χ4n) is 4.38. The molecule has 4 rings (SSSR count). The van der Waals surface area contributed by atoms with E-state index in [1.165, 1.54) is 11.3 Å². The van der Waals surface area contributed by atoms with Crippen molar-refractivity contribution in [2.24, 2.45) is 23.7 Å². The molecule has 0 aromatic carbocycles. The standard InChI is InChI=1S/C20H25NO5S/c1-4-13-10(3)27-18(16(13)20(25)26-5-2)21-17(22)14-11-6-8-12(9-7-11)15(14)19(23)24/h6,8,11-12,14-15H,4-5,7,9H2,1-3H3,(H,21,22)(H,23,24)/p-1/t11-,12-,14-,15-/m0/s1. The minimum atomic E-state index is -1.18. The van der Waals surface area contributed by atoms with Crippen LogP contribution in [0.5, 0.6) is 0 Å². The highest BCUT2D eigenvalue weighted by molar-refractivity contribution is 7.16. The zero-order valence-corrected chi connectivity index (χ0v) is 16.6. The predicted molar refractivity (Wildman–Crippen MR) is 100 cm³/mol. The fraction of sp³-hybridized carbons (Fsp3) is 0.550. The maximum atomic E-state index is 13.0. The van der Waals surface area contributed by atoms with Crippen molar-refractivity contribution in [2.75, 3.05) is 11.9 Å². The lowest BCUT2D eigenvalue weighted by Crippen LogP contribution is -2.51. The number of carboxylic acid groups (broad SMARTS) is 1. The third-order valence-corrected chi connectivity index (χ3v) is 6.66. The van der Waals surface area contributed by atoms with Crippen molar-refractivity contribution in [1.82, 2.24) is 0 Å². The molecule has 4 atom stereocenters. The van der Waals surface area contributed by atoms with Crippen LogP contribution in [0.4, 0.5) is 5.00 Å². The summed E-state index contributed by atoms with van der Waals surface area (Å²) in [6, 6.07) is 0. The van der Waals surface area contributed by atoms with Gasteiger partial charge in [-0.05, 0) is 50.5 Å². The van der Waals surface area contributed by atoms with Gasteiger partial charge in [-0.1, -0.05) is 19.1 Å². The monoisotopic (exact) mass is 390 g/mol. The summed E-state index contributed by atoms with van der Waals surface area (Å²) >= 11 is 1.33. The zero-order chi connectivity index (χ0) is 19.7. The first-order chi connectivity index (χ1) is 12.9. The Morgan fingerprint density at radius 2 is 1.81 bits per heavy atom. The van der Waals surface area contributed by atoms with Crippen LogP contribution < -0.4 is 10.4 Å². The molecule has 27 heavy (non-hydrogen) atoms. The molecule has 2 bridgehead atoms. The summed E-state index contributed by atoms with van der Waals surface area (Å²) in [5.74, 6) is -3.80. The van der Waals surface area contributed by atoms with E-state index >= 15 is 0 Å². The molecule has 7 heteroatoms. The number of allylic oxidation sites excluding steroid dienone is 2. The van der Waals surface area contributed by atoms with E-state index in [-0.39, 0.29) is 24.3 Å². The molecular weight excluding hydrogens is 366 g/mol. The maximum absolute atomic E-state index is 13.0. The molecule has 0 radical (unpaired) electrons. The van der Waals surface area contributed by atoms with Gasteiger partial charge >= 0.3 is 5.97 Å². The molecule has 0 unspecified atom stereocenters. The summed E-state index contributed by atoms with van der Waals surface area (Å²) < 4.78 is 5.16. The second kappa shape index (κ2) is 7.84. The highest BCUT2D eigenvalue weighted by atomic mass is 32.1. The molecule has 1 amide bonds. The number of hydrogen-bond donors (Lipinski definition) is 1. The van der Waals surface area contributed by atoms with Gasteiger partial charge in [0.15, 0.2) is 0 Å². The Kier molecular flexibility index (Phi) is 5.69. The third kappa shape index (κ3) is 3.52. The van der Waals surface area contributed by atoms with Crippen LogP contribution in [0.15, 0.2) is 12.2 Å². The number of ether oxygens (including phenoxy) is 1. The van der Waals surface area contributed by atoms with E-state index < -0.39 is 23.8 Å². The van der Waals surface area contributed by atoms with Crippen LogP contribution in [-0.4, -0.2) is 24.5 Å². The van der Waals surface area contributed by atoms with E-state index in [4.69, 9.17) is 4.74 Å². The largest absolute Gasteiger partial charge is 0.550 e. The molecule has 146 valence electrons. The van der Waals surface area contributed by atoms with Gasteiger partial charge in [0.1, 0.15) is 5.00 Å². The number of aliphatic carboxylic acids is 1. The van der Waals surface area contributed by atoms with Crippen molar-refractivity contribution in [3.05, 3.63) is 28.2 Å². The molecule has 0 aliphatic heterocycles. The van der Waals surface area contributed by atoms with Crippen molar-refractivity contribution < 1.29 is 24.2 Å². The van der Waals surface area contributed by atoms with Gasteiger partial charge in [-0.15, -0.1) is 11.3 Å². The number of thiophene rings is 1. The second-order valence-electron chi connectivity index (χ2n) is 7.06. The minimum absolute atomic E-state index is 0.115. The number of rotatable bonds is 6. The predicted octanol–water partition coefficient (Wildman–Crippen LogP) is 2.31. The number of hydrogen-bond acceptors (Lipinski definition) is 6. The average molecular weight is 390 g/mol. The first-order valence-corrected chi connectivity index (χ1v) is 10.2. The molecule has 0 saturated heterocycles. The number of fused-ring (bicyclic) bond motifs is 2. The van der Waals surface area contributed by atoms with E-state index in [2.05, 4.69) is 5.32 Å². The maximum Gasteiger partial charge on any atom is 0.341 e. The van der Waals surface area contributed by atoms with E-state index in [0.29, 0.717) is 17.0 Å². The van der Waals surface area contributed by atoms with Crippen LogP contribution in [0.25, 0.3) is 0 Å². The van der Waals surface area contributed by atoms with Gasteiger partial charge in [0, 0.05) is 16.8 Å². The summed E-state index contributed by atoms with van der Waals surface area (Å²) in [5.41, 5.74) is 1.24. The van der Waals surface area contributed by atoms with Crippen LogP contribution in [0.3, 0.4) is 0 Å². The molecule has 1 N–H and O–H groups in total. The number of carbonyl (C=O) groups is 3. The van der Waals surface area contributed by atoms with Gasteiger partial charge in [0.2, 0.25) is 5.91 Å². The Hall–Kier alpha value is -2.15. The first-order valence-electron chi connectivity index (χ1n) is 9.38. The van der Waals surface area contributed by atoms with Crippen molar-refractivity contribution >= 4 is 34.2 Å². The number of aryl methyl sites for hydroxylation is 1. The minimum Gasteiger partial charge on any atom is -0.550 e. The number of amides is 1. The summed E-state index contributed by atoms with van der Waals surface area (Å²) in [6.45, 7) is 5.82. The van der Waals surface area contributed by atoms with Crippen LogP contribution in [-0.2, 0) is 20.7 Å². The Bertz CT molecular complexity index is 797. The number of esters is 1. The molecule has 0 spiro atoms. The molecule has 1 saturated carbocycles. The van der Waals surface area contributed by atoms with Gasteiger partial charge in [-0.25, -0.2) is 4.79 Å². The summed E-state index contributed by atoms with van der Waals surface area (Å²) in [6.07, 6.45) is 6.03. The van der Waals surface area contributed by atoms with E-state index in [0.717, 1.165) is 23.3 Å². The first kappa shape index (κ1) is 19.6. The molecule has 1 aromatic heterocycles. The highest BCUT2D eigenvalue weighted by Gasteiger charge is 2.45. The second-order valence-corrected chi connectivity index (χ2v) is 8.29. The zero-order valence-electron chi connectivity index (χ0n) is 15.7. The SMILES string of the molecule is CCOC(=O)c1c(NC(=O)[C@@H]2[C@@H](C(=O)[O-])[C@H]3C=C[C@H]2CC3)sc(C)c1CC. The Morgan fingerprint density at radius 1 is 1.19 bits per heavy atom. The molecule has 1 aromatic rings. The summed E-state index contributed by atoms with van der Waals surface area (Å²) in [5, 5.41) is 15.0. The number of nitrogens with one attached hydrogen (secondary N) is 1. The lowest BCUT2D eigenvalue weighted by Gasteiger charge is -2.44. The van der Waals surface area contributed by atoms with E-state index in [1.807, 2.05) is 26.0 Å². The van der Waals surface area contributed by atoms with Crippen molar-refractivity contribution in [3.8, 4) is 0 Å². The molecule has 1 fully saturated rings. The molecule has 1 heterocycles. The Morgan fingerprint density at radius 3 is 2.33 bits per heavy atom. The van der Waals surface area contributed by atoms with Crippen LogP contribution in [0.1, 0.15) is 47.5 Å². The van der Waals surface area contributed by atoms with Crippen molar-refractivity contribution in [3.63, 3.8) is 0 Å². The van der Waals surface area contributed by atoms with Crippen molar-refractivity contribution in [2.45, 2.75) is 40.0 Å². The average Bonchev–Trinajstić information content (AvgIpc) is 2.96. The van der Waals surface area contributed by atoms with E-state index in [1.54, 1.807) is 6.92 Å². The van der Waals surface area contributed by atoms with Gasteiger partial charge in [-0.3, -0.25) is 4.79 Å². The lowest BCUT2D eigenvalue weighted by molar-refractivity contribution is -0.316. The van der Waals surface area contributed by atoms with Gasteiger partial charge in [-0.2, -0.15) is 0 Å². The van der Waals surface area contributed by atoms with Gasteiger partial charge in [0.25, 0.3) is 0 Å². The third-order valence-electron chi connectivity index (χ3n) is 5.60. The normalized spacial score (nSPS) is 26.0. The molecule has 3 aliphatic carbocycles. The Labute approximate surface area is 162 Å². The quantitative estimate of drug-likeness (QED) is 0.594. The molecule has 6 nitrogen and oxygen atoms in total. The smallest absolute Gasteiger partial charge is 0.341 e. The van der Waals surface area contributed by atoms with Crippen LogP contribution in [0.2, 0.25) is 0 Å². The molecular formula is C20H24NO5S-. The number of carboxylic acids is 1. The van der Waals surface area contributed by atoms with E-state index in [9.17, 15) is 19.5 Å². The van der Waals surface area contributed by atoms with Gasteiger partial charge < -0.3 is 20.0 Å². The topological polar surface area (TPSA) is 95.5 Å². The summed E-state index contributed by atoms with van der Waals surface area (Å²) in [7, 11) is 0. The molecule has 3 aliphatic rings. The van der Waals surface area contributed by atoms with Crippen molar-refractivity contribution in [1.29, 1.82) is 0 Å². The fourth-order valence-corrected chi connectivity index (χ4v) is 5.52. The summed E-state index contributed by atoms with van der Waals surface area (Å²) in [4.78, 5) is 38.1. The number of carbonyl (C=O) groups excluding carboxylic acids is 3. The lowest BCUT2D eigenvalue weighted by atomic mass is 9.62.